The van der Waals surface area contributed by atoms with E-state index in [1.54, 1.807) is 35.5 Å². The van der Waals surface area contributed by atoms with Crippen LogP contribution in [0, 0.1) is 6.92 Å². The van der Waals surface area contributed by atoms with Gasteiger partial charge in [-0.2, -0.15) is 17.8 Å². The van der Waals surface area contributed by atoms with Crippen molar-refractivity contribution in [2.24, 2.45) is 0 Å². The van der Waals surface area contributed by atoms with Crippen molar-refractivity contribution in [3.05, 3.63) is 65.0 Å². The molecule has 4 aromatic heterocycles. The Morgan fingerprint density at radius 1 is 1.08 bits per heavy atom. The van der Waals surface area contributed by atoms with E-state index in [2.05, 4.69) is 36.0 Å². The molecular formula is C22H22BrN9O3S. The van der Waals surface area contributed by atoms with E-state index in [0.29, 0.717) is 41.1 Å². The fourth-order valence-electron chi connectivity index (χ4n) is 3.70. The van der Waals surface area contributed by atoms with Gasteiger partial charge in [0, 0.05) is 26.5 Å². The molecule has 0 saturated heterocycles. The maximum absolute atomic E-state index is 12.7. The Morgan fingerprint density at radius 2 is 1.83 bits per heavy atom. The van der Waals surface area contributed by atoms with Crippen molar-refractivity contribution >= 4 is 31.9 Å². The molecule has 0 unspecified atom stereocenters. The number of benzene rings is 1. The van der Waals surface area contributed by atoms with Crippen LogP contribution in [0.2, 0.25) is 0 Å². The highest BCUT2D eigenvalue weighted by molar-refractivity contribution is 9.10. The van der Waals surface area contributed by atoms with Crippen LogP contribution in [0.1, 0.15) is 11.4 Å². The Hall–Kier alpha value is -3.62. The quantitative estimate of drug-likeness (QED) is 0.292. The Kier molecular flexibility index (Phi) is 6.10. The Morgan fingerprint density at radius 3 is 2.53 bits per heavy atom. The summed E-state index contributed by atoms with van der Waals surface area (Å²) in [5.41, 5.74) is 2.39. The molecule has 186 valence electrons. The van der Waals surface area contributed by atoms with Gasteiger partial charge < -0.3 is 4.74 Å². The van der Waals surface area contributed by atoms with Gasteiger partial charge in [0.05, 0.1) is 24.3 Å². The topological polar surface area (TPSA) is 125 Å². The van der Waals surface area contributed by atoms with Gasteiger partial charge in [0.1, 0.15) is 35.0 Å². The largest absolute Gasteiger partial charge is 0.497 e. The summed E-state index contributed by atoms with van der Waals surface area (Å²) in [5, 5.41) is 4.58. The van der Waals surface area contributed by atoms with Crippen molar-refractivity contribution in [3.8, 4) is 28.7 Å². The third kappa shape index (κ3) is 4.27. The molecule has 5 aromatic rings. The fraction of sp³-hybridized carbons (Fsp3) is 0.227. The maximum Gasteiger partial charge on any atom is 0.308 e. The molecule has 0 spiro atoms. The van der Waals surface area contributed by atoms with Crippen molar-refractivity contribution in [2.75, 3.05) is 21.2 Å². The van der Waals surface area contributed by atoms with Crippen molar-refractivity contribution in [2.45, 2.75) is 13.5 Å². The Labute approximate surface area is 215 Å². The second kappa shape index (κ2) is 9.11. The molecule has 0 atom stereocenters. The van der Waals surface area contributed by atoms with Gasteiger partial charge >= 0.3 is 10.2 Å². The molecule has 0 saturated carbocycles. The van der Waals surface area contributed by atoms with Gasteiger partial charge in [0.2, 0.25) is 5.78 Å². The van der Waals surface area contributed by atoms with Crippen molar-refractivity contribution in [1.29, 1.82) is 0 Å². The lowest BCUT2D eigenvalue weighted by Gasteiger charge is -2.10. The average molecular weight is 572 g/mol. The summed E-state index contributed by atoms with van der Waals surface area (Å²) in [7, 11) is 0.791. The molecule has 0 amide bonds. The third-order valence-electron chi connectivity index (χ3n) is 5.46. The molecular weight excluding hydrogens is 550 g/mol. The monoisotopic (exact) mass is 571 g/mol. The Balaban J connectivity index is 1.68. The number of aromatic nitrogens is 8. The molecule has 0 fully saturated rings. The predicted molar refractivity (Wildman–Crippen MR) is 136 cm³/mol. The van der Waals surface area contributed by atoms with E-state index < -0.39 is 10.2 Å². The first-order valence-electron chi connectivity index (χ1n) is 10.7. The average Bonchev–Trinajstić information content (AvgIpc) is 3.56. The third-order valence-corrected chi connectivity index (χ3v) is 7.52. The minimum Gasteiger partial charge on any atom is -0.497 e. The van der Waals surface area contributed by atoms with Crippen LogP contribution in [-0.4, -0.2) is 72.0 Å². The number of hydrogen-bond acceptors (Lipinski definition) is 8. The zero-order chi connectivity index (χ0) is 25.6. The molecule has 0 radical (unpaired) electrons. The van der Waals surface area contributed by atoms with Gasteiger partial charge in [-0.3, -0.25) is 4.40 Å². The lowest BCUT2D eigenvalue weighted by molar-refractivity contribution is 0.414. The van der Waals surface area contributed by atoms with Crippen LogP contribution >= 0.6 is 15.9 Å². The zero-order valence-electron chi connectivity index (χ0n) is 19.9. The first kappa shape index (κ1) is 24.1. The normalized spacial score (nSPS) is 12.1. The number of hydrogen-bond donors (Lipinski definition) is 0. The van der Waals surface area contributed by atoms with E-state index in [9.17, 15) is 8.42 Å². The van der Waals surface area contributed by atoms with E-state index in [0.717, 1.165) is 24.1 Å². The molecule has 0 aliphatic heterocycles. The highest BCUT2D eigenvalue weighted by Crippen LogP contribution is 2.32. The summed E-state index contributed by atoms with van der Waals surface area (Å²) in [6.07, 6.45) is 6.13. The molecule has 14 heteroatoms. The van der Waals surface area contributed by atoms with E-state index in [1.807, 2.05) is 24.3 Å². The second-order valence-electron chi connectivity index (χ2n) is 8.12. The van der Waals surface area contributed by atoms with Crippen LogP contribution in [0.25, 0.3) is 28.7 Å². The summed E-state index contributed by atoms with van der Waals surface area (Å²) < 4.78 is 37.0. The summed E-state index contributed by atoms with van der Waals surface area (Å²) >= 11 is 3.45. The number of nitrogens with zero attached hydrogens (tertiary/aromatic N) is 9. The smallest absolute Gasteiger partial charge is 0.308 e. The van der Waals surface area contributed by atoms with Gasteiger partial charge in [-0.25, -0.2) is 28.6 Å². The second-order valence-corrected chi connectivity index (χ2v) is 11.1. The predicted octanol–water partition coefficient (Wildman–Crippen LogP) is 2.63. The van der Waals surface area contributed by atoms with Crippen LogP contribution in [0.3, 0.4) is 0 Å². The Bertz CT molecular complexity index is 1670. The van der Waals surface area contributed by atoms with Crippen molar-refractivity contribution < 1.29 is 13.2 Å². The summed E-state index contributed by atoms with van der Waals surface area (Å²) in [5.74, 6) is 2.24. The molecule has 0 aliphatic carbocycles. The number of fused-ring (bicyclic) bond motifs is 1. The highest BCUT2D eigenvalue weighted by Gasteiger charge is 2.25. The van der Waals surface area contributed by atoms with Crippen molar-refractivity contribution in [1.82, 2.24) is 42.4 Å². The summed E-state index contributed by atoms with van der Waals surface area (Å²) in [6, 6.07) is 7.68. The van der Waals surface area contributed by atoms with Crippen molar-refractivity contribution in [3.63, 3.8) is 0 Å². The van der Waals surface area contributed by atoms with Crippen LogP contribution in [0.4, 0.5) is 0 Å². The molecule has 36 heavy (non-hydrogen) atoms. The standard InChI is InChI=1S/C22H22BrN9O3S/c1-14-26-21(32(28-14)10-15-5-7-17(35-4)8-6-15)19-20(31-11-16(23)9-24-22(31)27-19)18-12-30(13-25-18)36(33,34)29(2)3/h5-9,11-13H,10H2,1-4H3. The van der Waals surface area contributed by atoms with Crippen LogP contribution in [0.15, 0.2) is 53.7 Å². The van der Waals surface area contributed by atoms with Gasteiger partial charge in [0.25, 0.3) is 0 Å². The molecule has 1 aromatic carbocycles. The van der Waals surface area contributed by atoms with Crippen LogP contribution in [0.5, 0.6) is 5.75 Å². The molecule has 0 aliphatic rings. The van der Waals surface area contributed by atoms with E-state index in [4.69, 9.17) is 9.72 Å². The number of halogens is 1. The first-order chi connectivity index (χ1) is 17.2. The van der Waals surface area contributed by atoms with E-state index >= 15 is 0 Å². The summed E-state index contributed by atoms with van der Waals surface area (Å²) in [4.78, 5) is 18.2. The lowest BCUT2D eigenvalue weighted by Crippen LogP contribution is -2.27. The molecule has 5 rings (SSSR count). The SMILES string of the molecule is COc1ccc(Cn2nc(C)nc2-c2nc3ncc(Br)cn3c2-c2cn(S(=O)(=O)N(C)C)cn2)cc1. The fourth-order valence-corrected chi connectivity index (χ4v) is 4.78. The maximum atomic E-state index is 12.7. The number of imidazole rings is 2. The number of ether oxygens (including phenoxy) is 1. The van der Waals surface area contributed by atoms with E-state index in [1.165, 1.54) is 26.6 Å². The molecule has 4 heterocycles. The number of aryl methyl sites for hydroxylation is 1. The molecule has 0 N–H and O–H groups in total. The van der Waals surface area contributed by atoms with E-state index in [-0.39, 0.29) is 0 Å². The first-order valence-corrected chi connectivity index (χ1v) is 12.9. The molecule has 0 bridgehead atoms. The van der Waals surface area contributed by atoms with Gasteiger partial charge in [-0.15, -0.1) is 0 Å². The molecule has 12 nitrogen and oxygen atoms in total. The zero-order valence-corrected chi connectivity index (χ0v) is 22.3. The highest BCUT2D eigenvalue weighted by atomic mass is 79.9. The van der Waals surface area contributed by atoms with Gasteiger partial charge in [-0.05, 0) is 40.5 Å². The van der Waals surface area contributed by atoms with Crippen LogP contribution < -0.4 is 4.74 Å². The lowest BCUT2D eigenvalue weighted by atomic mass is 10.2. The minimum absolute atomic E-state index is 0.388. The number of rotatable bonds is 7. The summed E-state index contributed by atoms with van der Waals surface area (Å²) in [6.45, 7) is 2.24. The van der Waals surface area contributed by atoms with Gasteiger partial charge in [0.15, 0.2) is 5.82 Å². The number of methoxy groups -OCH3 is 1. The van der Waals surface area contributed by atoms with Crippen LogP contribution in [-0.2, 0) is 16.8 Å². The minimum atomic E-state index is -3.75. The van der Waals surface area contributed by atoms with Gasteiger partial charge in [-0.1, -0.05) is 12.1 Å².